The maximum absolute atomic E-state index is 11.0. The van der Waals surface area contributed by atoms with Gasteiger partial charge in [0.15, 0.2) is 0 Å². The molecule has 0 bridgehead atoms. The zero-order valence-corrected chi connectivity index (χ0v) is 17.7. The van der Waals surface area contributed by atoms with Gasteiger partial charge in [-0.05, 0) is 72.8 Å². The molecule has 0 aliphatic carbocycles. The molecule has 10 heteroatoms. The minimum absolute atomic E-state index is 0. The molecule has 0 aromatic heterocycles. The maximum Gasteiger partial charge on any atom is 1.00 e. The molecule has 0 fully saturated rings. The number of phenols is 1. The Morgan fingerprint density at radius 3 is 1.18 bits per heavy atom. The molecule has 28 heavy (non-hydrogen) atoms. The summed E-state index contributed by atoms with van der Waals surface area (Å²) in [5, 5.41) is 25.4. The first-order valence-corrected chi connectivity index (χ1v) is 9.14. The van der Waals surface area contributed by atoms with Crippen LogP contribution in [0.25, 0.3) is 0 Å². The smallest absolute Gasteiger partial charge is 0.508 e. The third-order valence-electron chi connectivity index (χ3n) is 3.40. The van der Waals surface area contributed by atoms with Gasteiger partial charge in [-0.15, -0.1) is 0 Å². The summed E-state index contributed by atoms with van der Waals surface area (Å²) in [6, 6.07) is 18.6. The van der Waals surface area contributed by atoms with Gasteiger partial charge in [-0.1, -0.05) is 0 Å². The van der Waals surface area contributed by atoms with E-state index in [9.17, 15) is 13.5 Å². The van der Waals surface area contributed by atoms with Crippen molar-refractivity contribution < 1.29 is 47.6 Å². The molecule has 0 saturated carbocycles. The van der Waals surface area contributed by atoms with Crippen molar-refractivity contribution in [1.29, 1.82) is 0 Å². The Labute approximate surface area is 183 Å². The molecule has 0 spiro atoms. The molecule has 0 saturated heterocycles. The summed E-state index contributed by atoms with van der Waals surface area (Å²) in [6.07, 6.45) is 0. The molecule has 0 atom stereocenters. The molecule has 2 N–H and O–H groups in total. The van der Waals surface area contributed by atoms with E-state index in [4.69, 9.17) is 4.55 Å². The van der Waals surface area contributed by atoms with E-state index >= 15 is 0 Å². The average Bonchev–Trinajstić information content (AvgIpc) is 2.66. The molecule has 8 nitrogen and oxygen atoms in total. The van der Waals surface area contributed by atoms with Crippen molar-refractivity contribution in [1.82, 2.24) is 0 Å². The second-order valence-corrected chi connectivity index (χ2v) is 6.82. The number of aromatic hydroxyl groups is 1. The van der Waals surface area contributed by atoms with Crippen LogP contribution in [-0.4, -0.2) is 18.1 Å². The van der Waals surface area contributed by atoms with E-state index in [1.165, 1.54) is 36.4 Å². The number of azo groups is 2. The number of phenolic OH excluding ortho intramolecular Hbond substituents is 1. The summed E-state index contributed by atoms with van der Waals surface area (Å²) in [4.78, 5) is -0.204. The van der Waals surface area contributed by atoms with E-state index in [0.717, 1.165) is 0 Å². The van der Waals surface area contributed by atoms with E-state index in [1.807, 2.05) is 0 Å². The van der Waals surface area contributed by atoms with Crippen LogP contribution in [0.1, 0.15) is 0 Å². The van der Waals surface area contributed by atoms with Crippen LogP contribution < -0.4 is 29.6 Å². The van der Waals surface area contributed by atoms with Gasteiger partial charge in [-0.3, -0.25) is 4.55 Å². The minimum atomic E-state index is -4.22. The Morgan fingerprint density at radius 1 is 0.571 bits per heavy atom. The number of hydrogen-bond acceptors (Lipinski definition) is 7. The Hall–Kier alpha value is -2.43. The standard InChI is InChI=1S/C18H14N4O4S.Na/c23-17-9-5-15(6-10-17)21-19-13-1-3-14(4-2-13)20-22-16-7-11-18(12-8-16)27(24,25)26;/h1-12,23H,(H,24,25,26);/q;+1. The van der Waals surface area contributed by atoms with Crippen LogP contribution >= 0.6 is 0 Å². The zero-order valence-electron chi connectivity index (χ0n) is 14.8. The summed E-state index contributed by atoms with van der Waals surface area (Å²) in [5.74, 6) is 0.163. The number of rotatable bonds is 5. The second kappa shape index (κ2) is 9.67. The molecule has 0 heterocycles. The summed E-state index contributed by atoms with van der Waals surface area (Å²) in [7, 11) is -4.22. The molecule has 0 aliphatic heterocycles. The van der Waals surface area contributed by atoms with Crippen LogP contribution in [0.3, 0.4) is 0 Å². The summed E-state index contributed by atoms with van der Waals surface area (Å²) in [6.45, 7) is 0. The molecule has 0 radical (unpaired) electrons. The van der Waals surface area contributed by atoms with Crippen molar-refractivity contribution >= 4 is 32.9 Å². The molecular formula is C18H14N4NaO4S+. The van der Waals surface area contributed by atoms with Gasteiger partial charge in [-0.2, -0.15) is 28.9 Å². The van der Waals surface area contributed by atoms with Gasteiger partial charge in [0.05, 0.1) is 27.6 Å². The predicted octanol–water partition coefficient (Wildman–Crippen LogP) is 2.47. The monoisotopic (exact) mass is 405 g/mol. The zero-order chi connectivity index (χ0) is 19.3. The van der Waals surface area contributed by atoms with E-state index < -0.39 is 10.1 Å². The van der Waals surface area contributed by atoms with Crippen molar-refractivity contribution in [3.05, 3.63) is 72.8 Å². The van der Waals surface area contributed by atoms with Crippen molar-refractivity contribution in [2.45, 2.75) is 4.90 Å². The molecule has 3 rings (SSSR count). The first-order valence-electron chi connectivity index (χ1n) is 7.70. The Kier molecular flexibility index (Phi) is 7.55. The molecular weight excluding hydrogens is 391 g/mol. The Bertz CT molecular complexity index is 1080. The fraction of sp³-hybridized carbons (Fsp3) is 0. The van der Waals surface area contributed by atoms with Crippen LogP contribution in [0, 0.1) is 0 Å². The minimum Gasteiger partial charge on any atom is -0.508 e. The Balaban J connectivity index is 0.00000280. The van der Waals surface area contributed by atoms with E-state index in [0.29, 0.717) is 22.7 Å². The van der Waals surface area contributed by atoms with Gasteiger partial charge in [-0.25, -0.2) is 0 Å². The van der Waals surface area contributed by atoms with E-state index in [2.05, 4.69) is 20.5 Å². The maximum atomic E-state index is 11.0. The van der Waals surface area contributed by atoms with Gasteiger partial charge in [0.25, 0.3) is 10.1 Å². The summed E-state index contributed by atoms with van der Waals surface area (Å²) in [5.41, 5.74) is 2.26. The summed E-state index contributed by atoms with van der Waals surface area (Å²) >= 11 is 0. The topological polar surface area (TPSA) is 124 Å². The van der Waals surface area contributed by atoms with Gasteiger partial charge < -0.3 is 5.11 Å². The second-order valence-electron chi connectivity index (χ2n) is 5.40. The van der Waals surface area contributed by atoms with Crippen LogP contribution in [0.4, 0.5) is 22.7 Å². The quantitative estimate of drug-likeness (QED) is 0.384. The third-order valence-corrected chi connectivity index (χ3v) is 4.26. The predicted molar refractivity (Wildman–Crippen MR) is 99.2 cm³/mol. The van der Waals surface area contributed by atoms with Gasteiger partial charge >= 0.3 is 29.6 Å². The molecule has 0 aliphatic rings. The van der Waals surface area contributed by atoms with Crippen LogP contribution in [0.2, 0.25) is 0 Å². The number of hydrogen-bond donors (Lipinski definition) is 2. The normalized spacial score (nSPS) is 11.6. The van der Waals surface area contributed by atoms with Gasteiger partial charge in [0, 0.05) is 0 Å². The summed E-state index contributed by atoms with van der Waals surface area (Å²) < 4.78 is 30.9. The van der Waals surface area contributed by atoms with Crippen molar-refractivity contribution in [2.75, 3.05) is 0 Å². The van der Waals surface area contributed by atoms with Gasteiger partial charge in [0.1, 0.15) is 5.75 Å². The van der Waals surface area contributed by atoms with Crippen LogP contribution in [-0.2, 0) is 10.1 Å². The first-order chi connectivity index (χ1) is 12.9. The molecule has 0 amide bonds. The first kappa shape index (κ1) is 21.9. The SMILES string of the molecule is O=S(=O)(O)c1ccc(N=Nc2ccc(N=Nc3ccc(O)cc3)cc2)cc1.[Na+]. The van der Waals surface area contributed by atoms with E-state index in [-0.39, 0.29) is 40.2 Å². The fourth-order valence-electron chi connectivity index (χ4n) is 2.02. The fourth-order valence-corrected chi connectivity index (χ4v) is 2.50. The third kappa shape index (κ3) is 6.32. The van der Waals surface area contributed by atoms with Crippen molar-refractivity contribution in [3.63, 3.8) is 0 Å². The van der Waals surface area contributed by atoms with Crippen molar-refractivity contribution in [2.24, 2.45) is 20.5 Å². The van der Waals surface area contributed by atoms with E-state index in [1.54, 1.807) is 36.4 Å². The van der Waals surface area contributed by atoms with Crippen LogP contribution in [0.15, 0.2) is 98.1 Å². The molecule has 3 aromatic rings. The number of nitrogens with zero attached hydrogens (tertiary/aromatic N) is 4. The molecule has 3 aromatic carbocycles. The molecule has 136 valence electrons. The number of benzene rings is 3. The largest absolute Gasteiger partial charge is 1.00 e. The van der Waals surface area contributed by atoms with Crippen molar-refractivity contribution in [3.8, 4) is 5.75 Å². The Morgan fingerprint density at radius 2 is 0.857 bits per heavy atom. The van der Waals surface area contributed by atoms with Crippen LogP contribution in [0.5, 0.6) is 5.75 Å². The average molecular weight is 405 g/mol. The van der Waals surface area contributed by atoms with Gasteiger partial charge in [0.2, 0.25) is 0 Å². The molecule has 0 unspecified atom stereocenters.